The van der Waals surface area contributed by atoms with Crippen LogP contribution in [0.15, 0.2) is 46.2 Å². The van der Waals surface area contributed by atoms with E-state index in [1.807, 2.05) is 0 Å². The standard InChI is InChI=1S/C14H12N2O6/c1-20-14(17)11-6-7-21-13(11)9-22-15-8-10-4-2-3-5-12(10)16(18)19/h2-8H,9H2,1H3/b15-8+. The number of esters is 1. The molecule has 2 rings (SSSR count). The molecule has 1 aromatic carbocycles. The zero-order chi connectivity index (χ0) is 15.9. The lowest BCUT2D eigenvalue weighted by Crippen LogP contribution is -2.03. The van der Waals surface area contributed by atoms with Gasteiger partial charge in [-0.25, -0.2) is 4.79 Å². The van der Waals surface area contributed by atoms with Crippen LogP contribution >= 0.6 is 0 Å². The highest BCUT2D eigenvalue weighted by molar-refractivity contribution is 5.90. The lowest BCUT2D eigenvalue weighted by atomic mass is 10.2. The van der Waals surface area contributed by atoms with Crippen molar-refractivity contribution in [3.05, 3.63) is 63.6 Å². The number of benzene rings is 1. The van der Waals surface area contributed by atoms with Gasteiger partial charge in [-0.15, -0.1) is 0 Å². The Bertz CT molecular complexity index is 707. The second-order valence-corrected chi connectivity index (χ2v) is 4.07. The number of nitrogens with zero attached hydrogens (tertiary/aromatic N) is 2. The Morgan fingerprint density at radius 1 is 1.41 bits per heavy atom. The number of rotatable bonds is 6. The average molecular weight is 304 g/mol. The van der Waals surface area contributed by atoms with Gasteiger partial charge >= 0.3 is 5.97 Å². The van der Waals surface area contributed by atoms with Gasteiger partial charge in [0.15, 0.2) is 12.4 Å². The van der Waals surface area contributed by atoms with Crippen LogP contribution in [0.25, 0.3) is 0 Å². The smallest absolute Gasteiger partial charge is 0.341 e. The van der Waals surface area contributed by atoms with Crippen LogP contribution in [0.3, 0.4) is 0 Å². The van der Waals surface area contributed by atoms with E-state index in [1.54, 1.807) is 12.1 Å². The summed E-state index contributed by atoms with van der Waals surface area (Å²) in [5.74, 6) is -0.290. The van der Waals surface area contributed by atoms with Crippen LogP contribution in [-0.2, 0) is 16.2 Å². The third-order valence-electron chi connectivity index (χ3n) is 2.75. The Morgan fingerprint density at radius 3 is 2.91 bits per heavy atom. The van der Waals surface area contributed by atoms with Gasteiger partial charge in [0, 0.05) is 6.07 Å². The fourth-order valence-electron chi connectivity index (χ4n) is 1.70. The first-order valence-corrected chi connectivity index (χ1v) is 6.17. The van der Waals surface area contributed by atoms with Crippen molar-refractivity contribution in [3.63, 3.8) is 0 Å². The van der Waals surface area contributed by atoms with Crippen molar-refractivity contribution in [2.75, 3.05) is 7.11 Å². The SMILES string of the molecule is COC(=O)c1ccoc1CO/N=C/c1ccccc1[N+](=O)[O-]. The molecule has 0 N–H and O–H groups in total. The number of para-hydroxylation sites is 1. The van der Waals surface area contributed by atoms with E-state index in [-0.39, 0.29) is 23.6 Å². The molecule has 0 atom stereocenters. The lowest BCUT2D eigenvalue weighted by Gasteiger charge is -2.00. The molecule has 1 aromatic heterocycles. The Kier molecular flexibility index (Phi) is 4.86. The predicted molar refractivity (Wildman–Crippen MR) is 75.5 cm³/mol. The maximum absolute atomic E-state index is 11.4. The number of furan rings is 1. The molecule has 114 valence electrons. The van der Waals surface area contributed by atoms with Gasteiger partial charge in [-0.2, -0.15) is 0 Å². The zero-order valence-corrected chi connectivity index (χ0v) is 11.6. The molecule has 22 heavy (non-hydrogen) atoms. The van der Waals surface area contributed by atoms with Crippen LogP contribution in [0, 0.1) is 10.1 Å². The second-order valence-electron chi connectivity index (χ2n) is 4.07. The molecule has 1 heterocycles. The molecule has 0 aliphatic carbocycles. The van der Waals surface area contributed by atoms with Gasteiger partial charge in [0.05, 0.1) is 30.1 Å². The number of hydrogen-bond donors (Lipinski definition) is 0. The molecule has 8 nitrogen and oxygen atoms in total. The number of carbonyl (C=O) groups excluding carboxylic acids is 1. The second kappa shape index (κ2) is 7.02. The topological polar surface area (TPSA) is 104 Å². The molecule has 8 heteroatoms. The minimum Gasteiger partial charge on any atom is -0.465 e. The van der Waals surface area contributed by atoms with Crippen LogP contribution in [0.5, 0.6) is 0 Å². The van der Waals surface area contributed by atoms with Crippen molar-refractivity contribution in [2.24, 2.45) is 5.16 Å². The van der Waals surface area contributed by atoms with Gasteiger partial charge < -0.3 is 14.0 Å². The van der Waals surface area contributed by atoms with E-state index in [9.17, 15) is 14.9 Å². The molecule has 0 aliphatic heterocycles. The van der Waals surface area contributed by atoms with E-state index >= 15 is 0 Å². The van der Waals surface area contributed by atoms with E-state index in [1.165, 1.54) is 37.8 Å². The number of carbonyl (C=O) groups is 1. The first-order valence-electron chi connectivity index (χ1n) is 6.17. The number of nitro groups is 1. The summed E-state index contributed by atoms with van der Waals surface area (Å²) in [6.45, 7) is -0.103. The van der Waals surface area contributed by atoms with Crippen LogP contribution in [0.4, 0.5) is 5.69 Å². The molecular formula is C14H12N2O6. The zero-order valence-electron chi connectivity index (χ0n) is 11.6. The van der Waals surface area contributed by atoms with Crippen LogP contribution in [0.2, 0.25) is 0 Å². The molecule has 0 saturated carbocycles. The first-order chi connectivity index (χ1) is 10.6. The molecular weight excluding hydrogens is 292 g/mol. The van der Waals surface area contributed by atoms with E-state index in [0.717, 1.165) is 0 Å². The van der Waals surface area contributed by atoms with Crippen LogP contribution in [-0.4, -0.2) is 24.2 Å². The van der Waals surface area contributed by atoms with E-state index in [4.69, 9.17) is 9.25 Å². The normalized spacial score (nSPS) is 10.6. The molecule has 2 aromatic rings. The van der Waals surface area contributed by atoms with Crippen molar-refractivity contribution in [1.82, 2.24) is 0 Å². The summed E-state index contributed by atoms with van der Waals surface area (Å²) < 4.78 is 9.68. The van der Waals surface area contributed by atoms with E-state index in [0.29, 0.717) is 5.56 Å². The average Bonchev–Trinajstić information content (AvgIpc) is 2.99. The molecule has 0 bridgehead atoms. The first kappa shape index (κ1) is 15.2. The molecule has 0 saturated heterocycles. The number of nitro benzene ring substituents is 1. The monoisotopic (exact) mass is 304 g/mol. The summed E-state index contributed by atoms with van der Waals surface area (Å²) >= 11 is 0. The molecule has 0 amide bonds. The van der Waals surface area contributed by atoms with Crippen LogP contribution in [0.1, 0.15) is 21.7 Å². The van der Waals surface area contributed by atoms with Gasteiger partial charge in [0.1, 0.15) is 5.56 Å². The highest BCUT2D eigenvalue weighted by Crippen LogP contribution is 2.16. The van der Waals surface area contributed by atoms with Crippen molar-refractivity contribution in [1.29, 1.82) is 0 Å². The van der Waals surface area contributed by atoms with Crippen LogP contribution < -0.4 is 0 Å². The third-order valence-corrected chi connectivity index (χ3v) is 2.75. The van der Waals surface area contributed by atoms with E-state index in [2.05, 4.69) is 9.89 Å². The third kappa shape index (κ3) is 3.48. The molecule has 0 unspecified atom stereocenters. The van der Waals surface area contributed by atoms with Gasteiger partial charge in [-0.05, 0) is 12.1 Å². The molecule has 0 aliphatic rings. The Hall–Kier alpha value is -3.16. The summed E-state index contributed by atoms with van der Waals surface area (Å²) in [5.41, 5.74) is 0.464. The fourth-order valence-corrected chi connectivity index (χ4v) is 1.70. The Labute approximate surface area is 125 Å². The number of ether oxygens (including phenoxy) is 1. The summed E-state index contributed by atoms with van der Waals surface area (Å²) in [6, 6.07) is 7.56. The van der Waals surface area contributed by atoms with Gasteiger partial charge in [-0.3, -0.25) is 10.1 Å². The van der Waals surface area contributed by atoms with Crippen molar-refractivity contribution >= 4 is 17.9 Å². The number of hydrogen-bond acceptors (Lipinski definition) is 7. The number of methoxy groups -OCH3 is 1. The Morgan fingerprint density at radius 2 is 2.18 bits per heavy atom. The summed E-state index contributed by atoms with van der Waals surface area (Å²) in [5, 5.41) is 14.5. The molecule has 0 radical (unpaired) electrons. The molecule has 0 fully saturated rings. The highest BCUT2D eigenvalue weighted by atomic mass is 16.6. The number of oxime groups is 1. The van der Waals surface area contributed by atoms with Gasteiger partial charge in [-0.1, -0.05) is 17.3 Å². The van der Waals surface area contributed by atoms with Crippen molar-refractivity contribution in [3.8, 4) is 0 Å². The summed E-state index contributed by atoms with van der Waals surface area (Å²) in [7, 11) is 1.26. The largest absolute Gasteiger partial charge is 0.465 e. The fraction of sp³-hybridized carbons (Fsp3) is 0.143. The van der Waals surface area contributed by atoms with Gasteiger partial charge in [0.2, 0.25) is 0 Å². The maximum Gasteiger partial charge on any atom is 0.341 e. The molecule has 0 spiro atoms. The van der Waals surface area contributed by atoms with Gasteiger partial charge in [0.25, 0.3) is 5.69 Å². The Balaban J connectivity index is 2.01. The minimum absolute atomic E-state index is 0.0805. The predicted octanol–water partition coefficient (Wildman–Crippen LogP) is 2.53. The quantitative estimate of drug-likeness (QED) is 0.351. The van der Waals surface area contributed by atoms with Crippen molar-refractivity contribution in [2.45, 2.75) is 6.61 Å². The minimum atomic E-state index is -0.546. The van der Waals surface area contributed by atoms with Crippen molar-refractivity contribution < 1.29 is 23.7 Å². The lowest BCUT2D eigenvalue weighted by molar-refractivity contribution is -0.385. The summed E-state index contributed by atoms with van der Waals surface area (Å²) in [6.07, 6.45) is 2.55. The summed E-state index contributed by atoms with van der Waals surface area (Å²) in [4.78, 5) is 26.7. The highest BCUT2D eigenvalue weighted by Gasteiger charge is 2.15. The van der Waals surface area contributed by atoms with E-state index < -0.39 is 10.9 Å². The maximum atomic E-state index is 11.4.